The summed E-state index contributed by atoms with van der Waals surface area (Å²) in [6.45, 7) is 2.12. The van der Waals surface area contributed by atoms with Gasteiger partial charge in [-0.1, -0.05) is 30.8 Å². The van der Waals surface area contributed by atoms with E-state index in [-0.39, 0.29) is 10.6 Å². The van der Waals surface area contributed by atoms with E-state index in [0.29, 0.717) is 0 Å². The molecule has 0 bridgehead atoms. The number of nitrogens with zero attached hydrogens (tertiary/aromatic N) is 1. The monoisotopic (exact) mass is 259 g/mol. The van der Waals surface area contributed by atoms with Crippen LogP contribution in [0, 0.1) is 10.1 Å². The molecule has 2 aromatic carbocycles. The van der Waals surface area contributed by atoms with Gasteiger partial charge in [0.1, 0.15) is 0 Å². The molecule has 0 unspecified atom stereocenters. The Hall–Kier alpha value is -1.81. The fourth-order valence-corrected chi connectivity index (χ4v) is 2.38. The molecule has 0 radical (unpaired) electrons. The van der Waals surface area contributed by atoms with E-state index in [0.717, 1.165) is 16.2 Å². The molecule has 0 N–H and O–H groups in total. The maximum Gasteiger partial charge on any atom is 0.269 e. The van der Waals surface area contributed by atoms with Crippen LogP contribution in [0.15, 0.2) is 58.3 Å². The van der Waals surface area contributed by atoms with Gasteiger partial charge in [-0.25, -0.2) is 0 Å². The lowest BCUT2D eigenvalue weighted by Gasteiger charge is -2.02. The Balaban J connectivity index is 2.10. The highest BCUT2D eigenvalue weighted by atomic mass is 32.2. The lowest BCUT2D eigenvalue weighted by atomic mass is 10.2. The lowest BCUT2D eigenvalue weighted by Crippen LogP contribution is -1.86. The van der Waals surface area contributed by atoms with Crippen molar-refractivity contribution < 1.29 is 4.92 Å². The standard InChI is InChI=1S/C14H13NO2S/c1-2-11-3-7-13(8-4-11)18-14-9-5-12(6-10-14)15(16)17/h3-10H,2H2,1H3. The Morgan fingerprint density at radius 1 is 1.00 bits per heavy atom. The van der Waals surface area contributed by atoms with E-state index >= 15 is 0 Å². The molecule has 92 valence electrons. The van der Waals surface area contributed by atoms with Gasteiger partial charge in [0, 0.05) is 21.9 Å². The second-order valence-electron chi connectivity index (χ2n) is 3.85. The van der Waals surface area contributed by atoms with Crippen LogP contribution in [0.3, 0.4) is 0 Å². The van der Waals surface area contributed by atoms with Crippen molar-refractivity contribution in [2.45, 2.75) is 23.1 Å². The maximum absolute atomic E-state index is 10.5. The Morgan fingerprint density at radius 2 is 1.50 bits per heavy atom. The van der Waals surface area contributed by atoms with Crippen LogP contribution in [-0.4, -0.2) is 4.92 Å². The second-order valence-corrected chi connectivity index (χ2v) is 5.00. The third kappa shape index (κ3) is 3.11. The summed E-state index contributed by atoms with van der Waals surface area (Å²) < 4.78 is 0. The van der Waals surface area contributed by atoms with Crippen molar-refractivity contribution in [1.82, 2.24) is 0 Å². The molecular weight excluding hydrogens is 246 g/mol. The molecule has 0 aliphatic heterocycles. The predicted octanol–water partition coefficient (Wildman–Crippen LogP) is 4.31. The first-order valence-electron chi connectivity index (χ1n) is 5.70. The van der Waals surface area contributed by atoms with E-state index in [2.05, 4.69) is 31.2 Å². The second kappa shape index (κ2) is 5.69. The molecule has 0 atom stereocenters. The topological polar surface area (TPSA) is 43.1 Å². The Bertz CT molecular complexity index is 535. The SMILES string of the molecule is CCc1ccc(Sc2ccc([N+](=O)[O-])cc2)cc1. The van der Waals surface area contributed by atoms with Crippen LogP contribution in [0.2, 0.25) is 0 Å². The molecule has 3 nitrogen and oxygen atoms in total. The molecule has 4 heteroatoms. The van der Waals surface area contributed by atoms with Crippen LogP contribution >= 0.6 is 11.8 Å². The molecule has 0 saturated heterocycles. The van der Waals surface area contributed by atoms with E-state index in [1.807, 2.05) is 0 Å². The number of aryl methyl sites for hydroxylation is 1. The van der Waals surface area contributed by atoms with Crippen molar-refractivity contribution in [1.29, 1.82) is 0 Å². The Labute approximate surface area is 110 Å². The molecule has 0 heterocycles. The van der Waals surface area contributed by atoms with Crippen LogP contribution < -0.4 is 0 Å². The van der Waals surface area contributed by atoms with Gasteiger partial charge in [-0.2, -0.15) is 0 Å². The number of benzene rings is 2. The Morgan fingerprint density at radius 3 is 1.94 bits per heavy atom. The van der Waals surface area contributed by atoms with Gasteiger partial charge < -0.3 is 0 Å². The third-order valence-corrected chi connectivity index (χ3v) is 3.63. The molecule has 18 heavy (non-hydrogen) atoms. The molecule has 0 fully saturated rings. The zero-order valence-corrected chi connectivity index (χ0v) is 10.8. The highest BCUT2D eigenvalue weighted by molar-refractivity contribution is 7.99. The predicted molar refractivity (Wildman–Crippen MR) is 73.0 cm³/mol. The molecule has 0 amide bonds. The largest absolute Gasteiger partial charge is 0.269 e. The minimum absolute atomic E-state index is 0.126. The Kier molecular flexibility index (Phi) is 3.99. The van der Waals surface area contributed by atoms with Gasteiger partial charge in [-0.3, -0.25) is 10.1 Å². The summed E-state index contributed by atoms with van der Waals surface area (Å²) >= 11 is 1.60. The number of nitro groups is 1. The summed E-state index contributed by atoms with van der Waals surface area (Å²) in [6.07, 6.45) is 1.03. The van der Waals surface area contributed by atoms with Crippen molar-refractivity contribution in [3.63, 3.8) is 0 Å². The van der Waals surface area contributed by atoms with Gasteiger partial charge in [-0.05, 0) is 36.2 Å². The van der Waals surface area contributed by atoms with Gasteiger partial charge in [0.2, 0.25) is 0 Å². The summed E-state index contributed by atoms with van der Waals surface area (Å²) in [6, 6.07) is 15.0. The normalized spacial score (nSPS) is 10.3. The van der Waals surface area contributed by atoms with E-state index in [4.69, 9.17) is 0 Å². The molecule has 2 aromatic rings. The van der Waals surface area contributed by atoms with Crippen molar-refractivity contribution in [2.24, 2.45) is 0 Å². The van der Waals surface area contributed by atoms with Gasteiger partial charge in [0.15, 0.2) is 0 Å². The minimum Gasteiger partial charge on any atom is -0.258 e. The van der Waals surface area contributed by atoms with Gasteiger partial charge in [0.25, 0.3) is 5.69 Å². The number of hydrogen-bond donors (Lipinski definition) is 0. The third-order valence-electron chi connectivity index (χ3n) is 2.61. The van der Waals surface area contributed by atoms with E-state index in [1.165, 1.54) is 17.7 Å². The molecule has 0 aliphatic rings. The van der Waals surface area contributed by atoms with Crippen LogP contribution in [0.4, 0.5) is 5.69 Å². The molecule has 0 spiro atoms. The molecular formula is C14H13NO2S. The van der Waals surface area contributed by atoms with E-state index in [9.17, 15) is 10.1 Å². The summed E-state index contributed by atoms with van der Waals surface area (Å²) in [4.78, 5) is 12.3. The molecule has 0 aliphatic carbocycles. The van der Waals surface area contributed by atoms with Crippen LogP contribution in [0.1, 0.15) is 12.5 Å². The van der Waals surface area contributed by atoms with Gasteiger partial charge >= 0.3 is 0 Å². The number of non-ortho nitro benzene ring substituents is 1. The van der Waals surface area contributed by atoms with Crippen molar-refractivity contribution in [3.8, 4) is 0 Å². The summed E-state index contributed by atoms with van der Waals surface area (Å²) in [5, 5.41) is 10.5. The maximum atomic E-state index is 10.5. The quantitative estimate of drug-likeness (QED) is 0.607. The number of nitro benzene ring substituents is 1. The lowest BCUT2D eigenvalue weighted by molar-refractivity contribution is -0.384. The zero-order chi connectivity index (χ0) is 13.0. The summed E-state index contributed by atoms with van der Waals surface area (Å²) in [5.41, 5.74) is 1.43. The van der Waals surface area contributed by atoms with Crippen molar-refractivity contribution >= 4 is 17.4 Å². The smallest absolute Gasteiger partial charge is 0.258 e. The highest BCUT2D eigenvalue weighted by Gasteiger charge is 2.04. The number of hydrogen-bond acceptors (Lipinski definition) is 3. The van der Waals surface area contributed by atoms with Crippen LogP contribution in [0.25, 0.3) is 0 Å². The first kappa shape index (κ1) is 12.6. The minimum atomic E-state index is -0.384. The molecule has 2 rings (SSSR count). The fraction of sp³-hybridized carbons (Fsp3) is 0.143. The summed E-state index contributed by atoms with van der Waals surface area (Å²) in [7, 11) is 0. The zero-order valence-electron chi connectivity index (χ0n) is 10.00. The van der Waals surface area contributed by atoms with Crippen LogP contribution in [-0.2, 0) is 6.42 Å². The van der Waals surface area contributed by atoms with Crippen LogP contribution in [0.5, 0.6) is 0 Å². The van der Waals surface area contributed by atoms with Crippen molar-refractivity contribution in [2.75, 3.05) is 0 Å². The molecule has 0 saturated carbocycles. The van der Waals surface area contributed by atoms with Gasteiger partial charge in [-0.15, -0.1) is 0 Å². The van der Waals surface area contributed by atoms with Crippen molar-refractivity contribution in [3.05, 3.63) is 64.2 Å². The van der Waals surface area contributed by atoms with E-state index in [1.54, 1.807) is 23.9 Å². The van der Waals surface area contributed by atoms with E-state index < -0.39 is 0 Å². The number of rotatable bonds is 4. The fourth-order valence-electron chi connectivity index (χ4n) is 1.57. The first-order valence-corrected chi connectivity index (χ1v) is 6.52. The first-order chi connectivity index (χ1) is 8.69. The average molecular weight is 259 g/mol. The average Bonchev–Trinajstić information content (AvgIpc) is 2.40. The van der Waals surface area contributed by atoms with Gasteiger partial charge in [0.05, 0.1) is 4.92 Å². The highest BCUT2D eigenvalue weighted by Crippen LogP contribution is 2.29. The molecule has 0 aromatic heterocycles. The summed E-state index contributed by atoms with van der Waals surface area (Å²) in [5.74, 6) is 0.